The maximum Gasteiger partial charge on any atom is 0.417 e. The number of aromatic nitrogens is 1. The van der Waals surface area contributed by atoms with Crippen molar-refractivity contribution in [3.8, 4) is 6.07 Å². The molecule has 2 fully saturated rings. The van der Waals surface area contributed by atoms with Crippen LogP contribution in [0.3, 0.4) is 0 Å². The second-order valence-corrected chi connectivity index (χ2v) is 8.22. The van der Waals surface area contributed by atoms with Crippen LogP contribution in [-0.2, 0) is 11.0 Å². The quantitative estimate of drug-likeness (QED) is 0.740. The Hall–Kier alpha value is -2.64. The first-order chi connectivity index (χ1) is 14.4. The van der Waals surface area contributed by atoms with Crippen molar-refractivity contribution < 1.29 is 18.0 Å². The van der Waals surface area contributed by atoms with Crippen LogP contribution in [0.1, 0.15) is 24.0 Å². The Morgan fingerprint density at radius 2 is 1.97 bits per heavy atom. The molecule has 1 atom stereocenters. The van der Waals surface area contributed by atoms with Crippen molar-refractivity contribution in [1.82, 2.24) is 9.88 Å². The van der Waals surface area contributed by atoms with Crippen LogP contribution in [0.15, 0.2) is 29.8 Å². The van der Waals surface area contributed by atoms with Crippen LogP contribution in [0.5, 0.6) is 0 Å². The Kier molecular flexibility index (Phi) is 5.66. The summed E-state index contributed by atoms with van der Waals surface area (Å²) in [5, 5.41) is 11.8. The lowest BCUT2D eigenvalue weighted by Gasteiger charge is -2.26. The zero-order valence-electron chi connectivity index (χ0n) is 16.1. The molecule has 0 radical (unpaired) electrons. The normalized spacial score (nSPS) is 21.0. The first-order valence-electron chi connectivity index (χ1n) is 9.69. The highest BCUT2D eigenvalue weighted by molar-refractivity contribution is 7.14. The van der Waals surface area contributed by atoms with Gasteiger partial charge in [0.2, 0.25) is 5.91 Å². The number of carbonyl (C=O) groups is 1. The number of nitrogens with zero attached hydrogens (tertiary/aromatic N) is 5. The van der Waals surface area contributed by atoms with Gasteiger partial charge in [-0.2, -0.15) is 18.4 Å². The summed E-state index contributed by atoms with van der Waals surface area (Å²) in [7, 11) is 0. The first kappa shape index (κ1) is 20.6. The molecule has 0 aliphatic carbocycles. The van der Waals surface area contributed by atoms with E-state index in [0.29, 0.717) is 49.0 Å². The third kappa shape index (κ3) is 4.00. The topological polar surface area (TPSA) is 63.5 Å². The monoisotopic (exact) mass is 435 g/mol. The van der Waals surface area contributed by atoms with Crippen LogP contribution in [-0.4, -0.2) is 54.6 Å². The van der Waals surface area contributed by atoms with E-state index < -0.39 is 11.7 Å². The molecule has 10 heteroatoms. The van der Waals surface area contributed by atoms with Gasteiger partial charge < -0.3 is 9.80 Å². The molecule has 0 spiro atoms. The molecule has 30 heavy (non-hydrogen) atoms. The van der Waals surface area contributed by atoms with Crippen molar-refractivity contribution in [2.75, 3.05) is 42.5 Å². The summed E-state index contributed by atoms with van der Waals surface area (Å²) in [6.07, 6.45) is -2.05. The van der Waals surface area contributed by atoms with Crippen LogP contribution in [0, 0.1) is 11.3 Å². The smallest absolute Gasteiger partial charge is 0.355 e. The number of anilines is 2. The summed E-state index contributed by atoms with van der Waals surface area (Å²) < 4.78 is 38.3. The van der Waals surface area contributed by atoms with Gasteiger partial charge in [-0.1, -0.05) is 0 Å². The number of amides is 1. The molecule has 1 amide bonds. The molecule has 2 aromatic rings. The molecular formula is C20H20F3N5OS. The minimum Gasteiger partial charge on any atom is -0.355 e. The number of alkyl halides is 3. The summed E-state index contributed by atoms with van der Waals surface area (Å²) >= 11 is 1.40. The molecule has 0 N–H and O–H groups in total. The molecule has 4 rings (SSSR count). The van der Waals surface area contributed by atoms with Gasteiger partial charge in [0.25, 0.3) is 0 Å². The lowest BCUT2D eigenvalue weighted by Crippen LogP contribution is -2.43. The van der Waals surface area contributed by atoms with E-state index >= 15 is 0 Å². The first-order valence-corrected chi connectivity index (χ1v) is 10.6. The number of carbonyl (C=O) groups excluding carboxylic acids is 1. The van der Waals surface area contributed by atoms with Gasteiger partial charge in [-0.05, 0) is 36.4 Å². The van der Waals surface area contributed by atoms with E-state index in [0.717, 1.165) is 25.2 Å². The highest BCUT2D eigenvalue weighted by Gasteiger charge is 2.38. The van der Waals surface area contributed by atoms with Gasteiger partial charge in [0.1, 0.15) is 16.9 Å². The van der Waals surface area contributed by atoms with Gasteiger partial charge in [-0.25, -0.2) is 4.98 Å². The highest BCUT2D eigenvalue weighted by Crippen LogP contribution is 2.33. The Morgan fingerprint density at radius 3 is 2.67 bits per heavy atom. The minimum atomic E-state index is -4.40. The van der Waals surface area contributed by atoms with E-state index in [-0.39, 0.29) is 11.9 Å². The molecule has 0 aromatic carbocycles. The Bertz CT molecular complexity index is 953. The number of thiophene rings is 1. The summed E-state index contributed by atoms with van der Waals surface area (Å²) in [5.41, 5.74) is -0.242. The molecule has 2 aromatic heterocycles. The molecule has 0 bridgehead atoms. The van der Waals surface area contributed by atoms with Crippen molar-refractivity contribution in [2.45, 2.75) is 25.1 Å². The second-order valence-electron chi connectivity index (χ2n) is 7.32. The Labute approximate surface area is 176 Å². The highest BCUT2D eigenvalue weighted by atomic mass is 32.1. The summed E-state index contributed by atoms with van der Waals surface area (Å²) in [4.78, 5) is 22.8. The molecule has 4 heterocycles. The van der Waals surface area contributed by atoms with Gasteiger partial charge in [0.05, 0.1) is 17.2 Å². The summed E-state index contributed by atoms with van der Waals surface area (Å²) in [5.74, 6) is 0.525. The van der Waals surface area contributed by atoms with Crippen molar-refractivity contribution >= 4 is 28.1 Å². The van der Waals surface area contributed by atoms with Gasteiger partial charge in [-0.15, -0.1) is 11.3 Å². The van der Waals surface area contributed by atoms with Crippen LogP contribution < -0.4 is 9.80 Å². The summed E-state index contributed by atoms with van der Waals surface area (Å²) in [6, 6.07) is 6.08. The number of hydrogen-bond donors (Lipinski definition) is 0. The second kappa shape index (κ2) is 8.24. The minimum absolute atomic E-state index is 0.00931. The predicted molar refractivity (Wildman–Crippen MR) is 107 cm³/mol. The lowest BCUT2D eigenvalue weighted by atomic mass is 10.2. The molecule has 158 valence electrons. The fraction of sp³-hybridized carbons (Fsp3) is 0.450. The summed E-state index contributed by atoms with van der Waals surface area (Å²) in [6.45, 7) is 3.20. The van der Waals surface area contributed by atoms with E-state index in [1.807, 2.05) is 10.3 Å². The van der Waals surface area contributed by atoms with E-state index in [2.05, 4.69) is 16.0 Å². The van der Waals surface area contributed by atoms with Gasteiger partial charge in [0, 0.05) is 38.9 Å². The average Bonchev–Trinajstić information content (AvgIpc) is 3.26. The number of pyridine rings is 1. The third-order valence-electron chi connectivity index (χ3n) is 5.56. The fourth-order valence-electron chi connectivity index (χ4n) is 4.02. The number of hydrogen-bond acceptors (Lipinski definition) is 6. The van der Waals surface area contributed by atoms with Gasteiger partial charge in [-0.3, -0.25) is 9.69 Å². The maximum atomic E-state index is 13.0. The maximum absolute atomic E-state index is 13.0. The van der Waals surface area contributed by atoms with Gasteiger partial charge in [0.15, 0.2) is 0 Å². The van der Waals surface area contributed by atoms with E-state index in [9.17, 15) is 23.2 Å². The molecule has 6 nitrogen and oxygen atoms in total. The third-order valence-corrected chi connectivity index (χ3v) is 6.49. The van der Waals surface area contributed by atoms with Crippen LogP contribution in [0.2, 0.25) is 0 Å². The SMILES string of the molecule is N#Cc1ccsc1N1CCC(N2CCCN(c3ccc(C(F)(F)F)cn3)CC2)C1=O. The Balaban J connectivity index is 1.41. The fourth-order valence-corrected chi connectivity index (χ4v) is 4.90. The lowest BCUT2D eigenvalue weighted by molar-refractivity contribution is -0.137. The molecule has 0 saturated carbocycles. The molecule has 1 unspecified atom stereocenters. The van der Waals surface area contributed by atoms with E-state index in [1.54, 1.807) is 11.0 Å². The number of rotatable bonds is 3. The average molecular weight is 435 g/mol. The molecule has 2 aliphatic heterocycles. The van der Waals surface area contributed by atoms with Crippen LogP contribution in [0.4, 0.5) is 24.0 Å². The zero-order chi connectivity index (χ0) is 21.3. The zero-order valence-corrected chi connectivity index (χ0v) is 16.9. The number of halogens is 3. The van der Waals surface area contributed by atoms with Crippen molar-refractivity contribution in [2.24, 2.45) is 0 Å². The predicted octanol–water partition coefficient (Wildman–Crippen LogP) is 3.35. The molecule has 2 aliphatic rings. The van der Waals surface area contributed by atoms with E-state index in [4.69, 9.17) is 0 Å². The number of nitriles is 1. The Morgan fingerprint density at radius 1 is 1.13 bits per heavy atom. The molecular weight excluding hydrogens is 415 g/mol. The van der Waals surface area contributed by atoms with Crippen LogP contribution in [0.25, 0.3) is 0 Å². The van der Waals surface area contributed by atoms with Crippen molar-refractivity contribution in [3.63, 3.8) is 0 Å². The molecule has 2 saturated heterocycles. The van der Waals surface area contributed by atoms with Crippen LogP contribution >= 0.6 is 11.3 Å². The standard InChI is InChI=1S/C20H20F3N5OS/c21-20(22,23)15-2-3-17(25-13-15)27-7-1-6-26(9-10-27)16-4-8-28(18(16)29)19-14(12-24)5-11-30-19/h2-3,5,11,13,16H,1,4,6-10H2. The van der Waals surface area contributed by atoms with Gasteiger partial charge >= 0.3 is 6.18 Å². The van der Waals surface area contributed by atoms with Crippen molar-refractivity contribution in [1.29, 1.82) is 5.26 Å². The van der Waals surface area contributed by atoms with E-state index in [1.165, 1.54) is 17.4 Å². The van der Waals surface area contributed by atoms with Crippen molar-refractivity contribution in [3.05, 3.63) is 40.9 Å². The largest absolute Gasteiger partial charge is 0.417 e.